The van der Waals surface area contributed by atoms with E-state index in [0.29, 0.717) is 5.91 Å². The first-order chi connectivity index (χ1) is 11.7. The van der Waals surface area contributed by atoms with Gasteiger partial charge >= 0.3 is 0 Å². The first-order valence-electron chi connectivity index (χ1n) is 8.50. The lowest BCUT2D eigenvalue weighted by molar-refractivity contribution is -0.134. The molecule has 2 aliphatic rings. The van der Waals surface area contributed by atoms with Crippen LogP contribution < -0.4 is 0 Å². The first-order valence-corrected chi connectivity index (χ1v) is 8.87. The Hall–Kier alpha value is -1.78. The van der Waals surface area contributed by atoms with E-state index in [0.717, 1.165) is 49.9 Å². The fraction of sp³-hybridized carbons (Fsp3) is 0.421. The molecule has 1 saturated heterocycles. The first kappa shape index (κ1) is 15.7. The second-order valence-corrected chi connectivity index (χ2v) is 7.13. The Morgan fingerprint density at radius 3 is 2.71 bits per heavy atom. The second kappa shape index (κ2) is 6.61. The van der Waals surface area contributed by atoms with Gasteiger partial charge in [-0.05, 0) is 36.2 Å². The maximum absolute atomic E-state index is 12.6. The summed E-state index contributed by atoms with van der Waals surface area (Å²) in [4.78, 5) is 17.0. The summed E-state index contributed by atoms with van der Waals surface area (Å²) in [6.45, 7) is 4.33. The lowest BCUT2D eigenvalue weighted by atomic mass is 10.2. The van der Waals surface area contributed by atoms with Crippen molar-refractivity contribution in [2.24, 2.45) is 5.92 Å². The number of rotatable bonds is 4. The molecule has 2 heterocycles. The minimum atomic E-state index is 0.121. The summed E-state index contributed by atoms with van der Waals surface area (Å²) in [7, 11) is 0. The minimum Gasteiger partial charge on any atom is -0.469 e. The fourth-order valence-corrected chi connectivity index (χ4v) is 3.75. The molecule has 5 heteroatoms. The third kappa shape index (κ3) is 3.35. The van der Waals surface area contributed by atoms with Crippen molar-refractivity contribution in [2.75, 3.05) is 26.2 Å². The van der Waals surface area contributed by atoms with Gasteiger partial charge in [0.2, 0.25) is 5.91 Å². The van der Waals surface area contributed by atoms with Crippen LogP contribution in [0.25, 0.3) is 0 Å². The molecule has 2 atom stereocenters. The zero-order chi connectivity index (χ0) is 16.5. The summed E-state index contributed by atoms with van der Waals surface area (Å²) in [6, 6.07) is 11.9. The summed E-state index contributed by atoms with van der Waals surface area (Å²) < 4.78 is 5.43. The predicted octanol–water partition coefficient (Wildman–Crippen LogP) is 3.38. The van der Waals surface area contributed by atoms with Crippen molar-refractivity contribution in [3.05, 3.63) is 59.0 Å². The Morgan fingerprint density at radius 1 is 1.17 bits per heavy atom. The van der Waals surface area contributed by atoms with Gasteiger partial charge in [-0.1, -0.05) is 23.7 Å². The molecular formula is C19H21ClN2O2. The number of amides is 1. The summed E-state index contributed by atoms with van der Waals surface area (Å²) in [5.41, 5.74) is 1.22. The Bertz CT molecular complexity index is 708. The Labute approximate surface area is 147 Å². The smallest absolute Gasteiger partial charge is 0.226 e. The van der Waals surface area contributed by atoms with Gasteiger partial charge in [0.25, 0.3) is 0 Å². The normalized spacial score (nSPS) is 24.1. The lowest BCUT2D eigenvalue weighted by Gasteiger charge is -2.35. The van der Waals surface area contributed by atoms with E-state index in [2.05, 4.69) is 11.0 Å². The van der Waals surface area contributed by atoms with E-state index in [4.69, 9.17) is 16.0 Å². The molecular weight excluding hydrogens is 324 g/mol. The van der Waals surface area contributed by atoms with Gasteiger partial charge in [0, 0.05) is 49.6 Å². The van der Waals surface area contributed by atoms with Gasteiger partial charge in [-0.2, -0.15) is 0 Å². The van der Waals surface area contributed by atoms with Crippen LogP contribution in [0, 0.1) is 5.92 Å². The molecule has 1 saturated carbocycles. The molecule has 2 unspecified atom stereocenters. The van der Waals surface area contributed by atoms with Crippen molar-refractivity contribution in [3.8, 4) is 0 Å². The fourth-order valence-electron chi connectivity index (χ4n) is 3.54. The van der Waals surface area contributed by atoms with Crippen molar-refractivity contribution in [3.63, 3.8) is 0 Å². The topological polar surface area (TPSA) is 36.7 Å². The number of nitrogens with zero attached hydrogens (tertiary/aromatic N) is 2. The quantitative estimate of drug-likeness (QED) is 0.853. The molecule has 0 bridgehead atoms. The number of piperazine rings is 1. The zero-order valence-corrected chi connectivity index (χ0v) is 14.3. The number of carbonyl (C=O) groups excluding carboxylic acids is 1. The van der Waals surface area contributed by atoms with E-state index in [9.17, 15) is 4.79 Å². The number of furan rings is 1. The summed E-state index contributed by atoms with van der Waals surface area (Å²) >= 11 is 6.05. The van der Waals surface area contributed by atoms with Crippen LogP contribution in [0.5, 0.6) is 0 Å². The van der Waals surface area contributed by atoms with E-state index >= 15 is 0 Å². The van der Waals surface area contributed by atoms with Crippen LogP contribution >= 0.6 is 11.6 Å². The monoisotopic (exact) mass is 344 g/mol. The van der Waals surface area contributed by atoms with Crippen LogP contribution in [0.2, 0.25) is 5.02 Å². The molecule has 1 amide bonds. The summed E-state index contributed by atoms with van der Waals surface area (Å²) in [5, 5.41) is 0.777. The van der Waals surface area contributed by atoms with Crippen LogP contribution in [-0.2, 0) is 11.3 Å². The Kier molecular flexibility index (Phi) is 4.33. The van der Waals surface area contributed by atoms with Crippen LogP contribution in [-0.4, -0.2) is 41.9 Å². The highest BCUT2D eigenvalue weighted by Crippen LogP contribution is 2.48. The highest BCUT2D eigenvalue weighted by Gasteiger charge is 2.47. The standard InChI is InChI=1S/C19H21ClN2O2/c20-15-4-1-3-14(11-15)13-21-6-8-22(9-7-21)19(23)17-12-16(17)18-5-2-10-24-18/h1-5,10-11,16-17H,6-9,12-13H2. The summed E-state index contributed by atoms with van der Waals surface area (Å²) in [6.07, 6.45) is 2.61. The van der Waals surface area contributed by atoms with Crippen LogP contribution in [0.4, 0.5) is 0 Å². The lowest BCUT2D eigenvalue weighted by Crippen LogP contribution is -2.48. The number of hydrogen-bond acceptors (Lipinski definition) is 3. The van der Waals surface area contributed by atoms with Crippen molar-refractivity contribution < 1.29 is 9.21 Å². The van der Waals surface area contributed by atoms with Gasteiger partial charge in [-0.25, -0.2) is 0 Å². The molecule has 4 rings (SSSR count). The maximum atomic E-state index is 12.6. The van der Waals surface area contributed by atoms with Gasteiger partial charge in [0.05, 0.1) is 6.26 Å². The van der Waals surface area contributed by atoms with Crippen molar-refractivity contribution >= 4 is 17.5 Å². The van der Waals surface area contributed by atoms with E-state index in [-0.39, 0.29) is 11.8 Å². The average molecular weight is 345 g/mol. The average Bonchev–Trinajstić information content (AvgIpc) is 3.20. The van der Waals surface area contributed by atoms with Gasteiger partial charge < -0.3 is 9.32 Å². The molecule has 126 valence electrons. The molecule has 2 aromatic rings. The van der Waals surface area contributed by atoms with Crippen LogP contribution in [0.15, 0.2) is 47.1 Å². The Balaban J connectivity index is 1.28. The third-order valence-electron chi connectivity index (χ3n) is 5.00. The third-order valence-corrected chi connectivity index (χ3v) is 5.23. The van der Waals surface area contributed by atoms with Gasteiger partial charge in [-0.15, -0.1) is 0 Å². The minimum absolute atomic E-state index is 0.121. The predicted molar refractivity (Wildman–Crippen MR) is 92.9 cm³/mol. The molecule has 0 spiro atoms. The van der Waals surface area contributed by atoms with Crippen LogP contribution in [0.3, 0.4) is 0 Å². The maximum Gasteiger partial charge on any atom is 0.226 e. The number of hydrogen-bond donors (Lipinski definition) is 0. The van der Waals surface area contributed by atoms with E-state index in [1.807, 2.05) is 35.2 Å². The van der Waals surface area contributed by atoms with Crippen LogP contribution in [0.1, 0.15) is 23.7 Å². The second-order valence-electron chi connectivity index (χ2n) is 6.70. The molecule has 2 fully saturated rings. The molecule has 1 aromatic heterocycles. The number of halogens is 1. The van der Waals surface area contributed by atoms with E-state index < -0.39 is 0 Å². The summed E-state index contributed by atoms with van der Waals surface area (Å²) in [5.74, 6) is 1.65. The molecule has 4 nitrogen and oxygen atoms in total. The SMILES string of the molecule is O=C(C1CC1c1ccco1)N1CCN(Cc2cccc(Cl)c2)CC1. The molecule has 0 radical (unpaired) electrons. The van der Waals surface area contributed by atoms with E-state index in [1.54, 1.807) is 6.26 Å². The van der Waals surface area contributed by atoms with Gasteiger partial charge in [-0.3, -0.25) is 9.69 Å². The number of carbonyl (C=O) groups is 1. The largest absolute Gasteiger partial charge is 0.469 e. The highest BCUT2D eigenvalue weighted by molar-refractivity contribution is 6.30. The van der Waals surface area contributed by atoms with Crippen molar-refractivity contribution in [1.82, 2.24) is 9.80 Å². The molecule has 1 aromatic carbocycles. The number of benzene rings is 1. The van der Waals surface area contributed by atoms with E-state index in [1.165, 1.54) is 5.56 Å². The highest BCUT2D eigenvalue weighted by atomic mass is 35.5. The zero-order valence-electron chi connectivity index (χ0n) is 13.5. The molecule has 1 aliphatic heterocycles. The van der Waals surface area contributed by atoms with Gasteiger partial charge in [0.1, 0.15) is 5.76 Å². The molecule has 0 N–H and O–H groups in total. The van der Waals surface area contributed by atoms with Crippen molar-refractivity contribution in [2.45, 2.75) is 18.9 Å². The molecule has 24 heavy (non-hydrogen) atoms. The molecule has 1 aliphatic carbocycles. The van der Waals surface area contributed by atoms with Crippen molar-refractivity contribution in [1.29, 1.82) is 0 Å². The Morgan fingerprint density at radius 2 is 2.00 bits per heavy atom. The van der Waals surface area contributed by atoms with Gasteiger partial charge in [0.15, 0.2) is 0 Å².